The molecule has 1 N–H and O–H groups in total. The molecule has 0 aliphatic heterocycles. The van der Waals surface area contributed by atoms with Gasteiger partial charge in [-0.15, -0.1) is 0 Å². The van der Waals surface area contributed by atoms with Crippen molar-refractivity contribution in [1.29, 1.82) is 5.26 Å². The molecule has 0 saturated carbocycles. The van der Waals surface area contributed by atoms with E-state index in [1.54, 1.807) is 19.1 Å². The Bertz CT molecular complexity index is 1260. The average Bonchev–Trinajstić information content (AvgIpc) is 3.09. The summed E-state index contributed by atoms with van der Waals surface area (Å²) in [5, 5.41) is 12.4. The van der Waals surface area contributed by atoms with Crippen LogP contribution in [0.1, 0.15) is 12.0 Å². The van der Waals surface area contributed by atoms with Crippen LogP contribution in [0.2, 0.25) is 0 Å². The van der Waals surface area contributed by atoms with E-state index < -0.39 is 10.0 Å². The lowest BCUT2D eigenvalue weighted by atomic mass is 10.2. The van der Waals surface area contributed by atoms with Gasteiger partial charge in [-0.25, -0.2) is 17.7 Å². The number of nitriles is 1. The molecule has 3 aromatic rings. The number of aromatic nitrogens is 2. The number of hydrogen-bond acceptors (Lipinski definition) is 6. The maximum Gasteiger partial charge on any atom is 0.242 e. The van der Waals surface area contributed by atoms with Crippen molar-refractivity contribution in [3.8, 4) is 6.07 Å². The molecule has 0 unspecified atom stereocenters. The third-order valence-corrected chi connectivity index (χ3v) is 7.56. The van der Waals surface area contributed by atoms with Gasteiger partial charge < -0.3 is 9.88 Å². The van der Waals surface area contributed by atoms with E-state index in [1.165, 1.54) is 31.9 Å². The predicted octanol–water partition coefficient (Wildman–Crippen LogP) is 3.24. The van der Waals surface area contributed by atoms with E-state index in [-0.39, 0.29) is 16.6 Å². The highest BCUT2D eigenvalue weighted by Crippen LogP contribution is 2.26. The van der Waals surface area contributed by atoms with Crippen molar-refractivity contribution in [2.75, 3.05) is 25.2 Å². The Labute approximate surface area is 185 Å². The van der Waals surface area contributed by atoms with E-state index in [9.17, 15) is 13.2 Å². The summed E-state index contributed by atoms with van der Waals surface area (Å²) in [6, 6.07) is 14.6. The number of imidazole rings is 1. The van der Waals surface area contributed by atoms with Crippen LogP contribution in [-0.4, -0.2) is 48.0 Å². The van der Waals surface area contributed by atoms with Crippen LogP contribution in [-0.2, 0) is 21.4 Å². The highest BCUT2D eigenvalue weighted by molar-refractivity contribution is 7.99. The fourth-order valence-corrected chi connectivity index (χ4v) is 5.01. The van der Waals surface area contributed by atoms with Gasteiger partial charge in [0.1, 0.15) is 0 Å². The van der Waals surface area contributed by atoms with Gasteiger partial charge in [-0.05, 0) is 36.8 Å². The molecule has 31 heavy (non-hydrogen) atoms. The predicted molar refractivity (Wildman–Crippen MR) is 121 cm³/mol. The van der Waals surface area contributed by atoms with Crippen molar-refractivity contribution in [3.05, 3.63) is 48.0 Å². The van der Waals surface area contributed by atoms with Crippen molar-refractivity contribution in [1.82, 2.24) is 13.9 Å². The molecule has 1 heterocycles. The minimum atomic E-state index is -3.61. The lowest BCUT2D eigenvalue weighted by molar-refractivity contribution is -0.113. The minimum absolute atomic E-state index is 0.0967. The number of hydrogen-bond donors (Lipinski definition) is 1. The van der Waals surface area contributed by atoms with Crippen LogP contribution in [0.3, 0.4) is 0 Å². The van der Waals surface area contributed by atoms with Crippen LogP contribution >= 0.6 is 11.8 Å². The molecular weight excluding hydrogens is 434 g/mol. The van der Waals surface area contributed by atoms with E-state index in [1.807, 2.05) is 28.8 Å². The number of sulfonamides is 1. The first-order chi connectivity index (χ1) is 14.7. The summed E-state index contributed by atoms with van der Waals surface area (Å²) in [6.45, 7) is 2.20. The Morgan fingerprint density at radius 3 is 2.71 bits per heavy atom. The number of benzene rings is 2. The molecule has 3 rings (SSSR count). The van der Waals surface area contributed by atoms with Gasteiger partial charge in [0.15, 0.2) is 5.16 Å². The summed E-state index contributed by atoms with van der Waals surface area (Å²) in [7, 11) is -0.679. The summed E-state index contributed by atoms with van der Waals surface area (Å²) < 4.78 is 28.0. The largest absolute Gasteiger partial charge is 0.325 e. The average molecular weight is 458 g/mol. The Kier molecular flexibility index (Phi) is 7.00. The number of anilines is 1. The zero-order valence-electron chi connectivity index (χ0n) is 17.5. The molecule has 0 atom stereocenters. The number of nitrogens with zero attached hydrogens (tertiary/aromatic N) is 4. The lowest BCUT2D eigenvalue weighted by Crippen LogP contribution is -2.23. The molecule has 0 bridgehead atoms. The molecule has 0 spiro atoms. The number of para-hydroxylation sites is 2. The van der Waals surface area contributed by atoms with Crippen molar-refractivity contribution in [3.63, 3.8) is 0 Å². The summed E-state index contributed by atoms with van der Waals surface area (Å²) in [4.78, 5) is 17.3. The summed E-state index contributed by atoms with van der Waals surface area (Å²) in [5.41, 5.74) is 2.74. The van der Waals surface area contributed by atoms with Gasteiger partial charge in [-0.1, -0.05) is 30.0 Å². The van der Waals surface area contributed by atoms with Crippen molar-refractivity contribution < 1.29 is 13.2 Å². The Morgan fingerprint density at radius 1 is 1.26 bits per heavy atom. The SMILES string of the molecule is Cc1ccc(NC(=O)CSc2nc3ccccc3n2CCC#N)cc1S(=O)(=O)N(C)C. The second kappa shape index (κ2) is 9.51. The minimum Gasteiger partial charge on any atom is -0.325 e. The van der Waals surface area contributed by atoms with Crippen LogP contribution < -0.4 is 5.32 Å². The van der Waals surface area contributed by atoms with Gasteiger partial charge in [0.05, 0.1) is 34.2 Å². The van der Waals surface area contributed by atoms with E-state index in [4.69, 9.17) is 5.26 Å². The van der Waals surface area contributed by atoms with Gasteiger partial charge in [-0.2, -0.15) is 5.26 Å². The molecule has 1 aromatic heterocycles. The molecule has 162 valence electrons. The number of aryl methyl sites for hydroxylation is 2. The smallest absolute Gasteiger partial charge is 0.242 e. The molecule has 0 saturated heterocycles. The highest BCUT2D eigenvalue weighted by Gasteiger charge is 2.20. The van der Waals surface area contributed by atoms with Gasteiger partial charge in [0.25, 0.3) is 0 Å². The molecule has 2 aromatic carbocycles. The zero-order valence-corrected chi connectivity index (χ0v) is 19.1. The third kappa shape index (κ3) is 5.07. The molecule has 1 amide bonds. The van der Waals surface area contributed by atoms with E-state index in [2.05, 4.69) is 16.4 Å². The van der Waals surface area contributed by atoms with Crippen molar-refractivity contribution in [2.45, 2.75) is 29.9 Å². The number of amides is 1. The number of thioether (sulfide) groups is 1. The normalized spacial score (nSPS) is 11.6. The topological polar surface area (TPSA) is 108 Å². The Balaban J connectivity index is 1.75. The Hall–Kier alpha value is -2.87. The third-order valence-electron chi connectivity index (χ3n) is 4.63. The molecule has 0 radical (unpaired) electrons. The molecule has 0 aliphatic carbocycles. The van der Waals surface area contributed by atoms with E-state index >= 15 is 0 Å². The monoisotopic (exact) mass is 457 g/mol. The molecule has 8 nitrogen and oxygen atoms in total. The van der Waals surface area contributed by atoms with Crippen LogP contribution in [0.4, 0.5) is 5.69 Å². The van der Waals surface area contributed by atoms with Crippen molar-refractivity contribution >= 4 is 44.4 Å². The van der Waals surface area contributed by atoms with Crippen LogP contribution in [0.15, 0.2) is 52.5 Å². The summed E-state index contributed by atoms with van der Waals surface area (Å²) >= 11 is 1.27. The number of fused-ring (bicyclic) bond motifs is 1. The first kappa shape index (κ1) is 22.8. The lowest BCUT2D eigenvalue weighted by Gasteiger charge is -2.15. The number of carbonyl (C=O) groups is 1. The van der Waals surface area contributed by atoms with E-state index in [0.29, 0.717) is 29.4 Å². The zero-order chi connectivity index (χ0) is 22.6. The summed E-state index contributed by atoms with van der Waals surface area (Å²) in [6.07, 6.45) is 0.340. The maximum atomic E-state index is 12.5. The molecule has 0 fully saturated rings. The van der Waals surface area contributed by atoms with Crippen LogP contribution in [0.5, 0.6) is 0 Å². The standard InChI is InChI=1S/C21H23N5O3S2/c1-15-9-10-16(13-19(15)31(28,29)25(2)3)23-20(27)14-30-21-24-17-7-4-5-8-18(17)26(21)12-6-11-22/h4-5,7-10,13H,6,12,14H2,1-3H3,(H,23,27). The highest BCUT2D eigenvalue weighted by atomic mass is 32.2. The summed E-state index contributed by atoms with van der Waals surface area (Å²) in [5.74, 6) is -0.180. The molecule has 0 aliphatic rings. The van der Waals surface area contributed by atoms with Gasteiger partial charge in [0, 0.05) is 26.3 Å². The molecular formula is C21H23N5O3S2. The van der Waals surface area contributed by atoms with Crippen LogP contribution in [0.25, 0.3) is 11.0 Å². The van der Waals surface area contributed by atoms with Gasteiger partial charge >= 0.3 is 0 Å². The number of carbonyl (C=O) groups excluding carboxylic acids is 1. The van der Waals surface area contributed by atoms with Crippen LogP contribution in [0, 0.1) is 18.3 Å². The number of nitrogens with one attached hydrogen (secondary N) is 1. The van der Waals surface area contributed by atoms with Crippen molar-refractivity contribution in [2.24, 2.45) is 0 Å². The first-order valence-electron chi connectivity index (χ1n) is 9.52. The van der Waals surface area contributed by atoms with E-state index in [0.717, 1.165) is 15.3 Å². The molecule has 10 heteroatoms. The van der Waals surface area contributed by atoms with Gasteiger partial charge in [0.2, 0.25) is 15.9 Å². The number of rotatable bonds is 8. The van der Waals surface area contributed by atoms with Gasteiger partial charge in [-0.3, -0.25) is 4.79 Å². The second-order valence-electron chi connectivity index (χ2n) is 7.05. The fourth-order valence-electron chi connectivity index (χ4n) is 3.02. The Morgan fingerprint density at radius 2 is 2.00 bits per heavy atom. The quantitative estimate of drug-likeness (QED) is 0.520. The fraction of sp³-hybridized carbons (Fsp3) is 0.286. The second-order valence-corrected chi connectivity index (χ2v) is 10.1. The first-order valence-corrected chi connectivity index (χ1v) is 11.9. The maximum absolute atomic E-state index is 12.5.